The van der Waals surface area contributed by atoms with E-state index >= 15 is 4.39 Å². The van der Waals surface area contributed by atoms with Crippen molar-refractivity contribution < 1.29 is 23.3 Å². The van der Waals surface area contributed by atoms with Crippen LogP contribution in [0.2, 0.25) is 4.34 Å². The Balaban J connectivity index is 1.46. The van der Waals surface area contributed by atoms with Gasteiger partial charge in [-0.1, -0.05) is 30.5 Å². The number of halogens is 2. The highest BCUT2D eigenvalue weighted by Gasteiger charge is 2.44. The quantitative estimate of drug-likeness (QED) is 0.195. The summed E-state index contributed by atoms with van der Waals surface area (Å²) in [5.41, 5.74) is 0.528. The maximum atomic E-state index is 15.4. The minimum atomic E-state index is -1.48. The highest BCUT2D eigenvalue weighted by Crippen LogP contribution is 2.43. The number of pyridine rings is 1. The molecule has 1 aromatic carbocycles. The number of thiophene rings is 1. The molecule has 13 heteroatoms. The molecule has 2 aromatic heterocycles. The summed E-state index contributed by atoms with van der Waals surface area (Å²) in [6, 6.07) is 10.3. The van der Waals surface area contributed by atoms with Gasteiger partial charge in [0.1, 0.15) is 22.1 Å². The average molecular weight is 676 g/mol. The molecular weight excluding hydrogens is 637 g/mol. The van der Waals surface area contributed by atoms with Crippen molar-refractivity contribution in [1.82, 2.24) is 14.6 Å². The monoisotopic (exact) mass is 675 g/mol. The van der Waals surface area contributed by atoms with Crippen LogP contribution in [-0.2, 0) is 26.4 Å². The molecule has 1 unspecified atom stereocenters. The Kier molecular flexibility index (Phi) is 10.4. The standard InChI is InChI=1S/C32H39ClFN5O4S2/c1-31(2,3)45(42)38-32(14-11-20-5-6-20,21-12-15-35-16-13-21)22-7-8-24(34)25(17-22)36-29(40)26-18-23(43-4)19-39(26)30(41)37-28-10-9-27(33)44-28/h7-10,12-13,15-17,20,23,26,38H,5-6,11,14,18-19H2,1-4H3,(H,36,40)(H,37,41)/t23-,26-,32?,45-/m1/s1. The van der Waals surface area contributed by atoms with Gasteiger partial charge in [0.15, 0.2) is 0 Å². The van der Waals surface area contributed by atoms with Crippen molar-refractivity contribution in [1.29, 1.82) is 0 Å². The molecule has 1 saturated carbocycles. The van der Waals surface area contributed by atoms with Crippen molar-refractivity contribution >= 4 is 56.9 Å². The molecule has 1 aliphatic carbocycles. The van der Waals surface area contributed by atoms with Gasteiger partial charge in [0.25, 0.3) is 0 Å². The molecule has 1 aliphatic heterocycles. The lowest BCUT2D eigenvalue weighted by Crippen LogP contribution is -2.52. The van der Waals surface area contributed by atoms with Crippen molar-refractivity contribution in [3.63, 3.8) is 0 Å². The van der Waals surface area contributed by atoms with E-state index in [4.69, 9.17) is 16.3 Å². The SMILES string of the molecule is CO[C@@H]1C[C@H](C(=O)Nc2cc(C(CCC3CC3)(N[S@+]([O-])C(C)(C)C)c3ccncc3)ccc2F)N(C(=O)Nc2ccc(Cl)s2)C1. The fourth-order valence-electron chi connectivity index (χ4n) is 5.50. The zero-order valence-corrected chi connectivity index (χ0v) is 28.2. The second-order valence-electron chi connectivity index (χ2n) is 12.6. The minimum absolute atomic E-state index is 0.0306. The van der Waals surface area contributed by atoms with Crippen LogP contribution in [0.4, 0.5) is 19.9 Å². The number of nitrogens with zero attached hydrogens (tertiary/aromatic N) is 2. The van der Waals surface area contributed by atoms with Gasteiger partial charge < -0.3 is 19.5 Å². The smallest absolute Gasteiger partial charge is 0.323 e. The number of rotatable bonds is 11. The van der Waals surface area contributed by atoms with Crippen molar-refractivity contribution in [2.75, 3.05) is 24.3 Å². The number of urea groups is 1. The molecule has 0 radical (unpaired) electrons. The van der Waals surface area contributed by atoms with E-state index in [1.807, 2.05) is 32.9 Å². The van der Waals surface area contributed by atoms with Crippen LogP contribution in [0.15, 0.2) is 54.9 Å². The molecule has 242 valence electrons. The fraction of sp³-hybridized carbons (Fsp3) is 0.469. The first-order valence-corrected chi connectivity index (χ1v) is 17.3. The number of methoxy groups -OCH3 is 1. The Labute approximate surface area is 275 Å². The van der Waals surface area contributed by atoms with Gasteiger partial charge >= 0.3 is 6.03 Å². The molecule has 45 heavy (non-hydrogen) atoms. The second-order valence-corrected chi connectivity index (χ2v) is 16.3. The molecule has 3 aromatic rings. The number of amides is 3. The fourth-order valence-corrected chi connectivity index (χ4v) is 7.39. The van der Waals surface area contributed by atoms with E-state index in [9.17, 15) is 14.1 Å². The summed E-state index contributed by atoms with van der Waals surface area (Å²) in [4.78, 5) is 32.5. The van der Waals surface area contributed by atoms with Gasteiger partial charge in [-0.3, -0.25) is 15.1 Å². The molecule has 1 saturated heterocycles. The molecule has 0 bridgehead atoms. The number of anilines is 2. The third-order valence-corrected chi connectivity index (χ3v) is 11.1. The molecule has 4 atom stereocenters. The zero-order valence-electron chi connectivity index (χ0n) is 25.8. The third kappa shape index (κ3) is 7.98. The number of carbonyl (C=O) groups excluding carboxylic acids is 2. The van der Waals surface area contributed by atoms with Crippen LogP contribution in [0.5, 0.6) is 0 Å². The van der Waals surface area contributed by atoms with Crippen LogP contribution < -0.4 is 15.4 Å². The van der Waals surface area contributed by atoms with Crippen LogP contribution in [0, 0.1) is 11.7 Å². The minimum Gasteiger partial charge on any atom is -0.598 e. The lowest BCUT2D eigenvalue weighted by atomic mass is 9.79. The van der Waals surface area contributed by atoms with Crippen molar-refractivity contribution in [2.24, 2.45) is 5.92 Å². The molecular formula is C32H39ClFN5O4S2. The van der Waals surface area contributed by atoms with Gasteiger partial charge in [-0.2, -0.15) is 0 Å². The number of aromatic nitrogens is 1. The van der Waals surface area contributed by atoms with Crippen LogP contribution in [0.3, 0.4) is 0 Å². The third-order valence-electron chi connectivity index (χ3n) is 8.30. The van der Waals surface area contributed by atoms with E-state index in [0.29, 0.717) is 27.2 Å². The molecule has 3 heterocycles. The summed E-state index contributed by atoms with van der Waals surface area (Å²) >= 11 is 5.74. The lowest BCUT2D eigenvalue weighted by Gasteiger charge is -2.39. The molecule has 5 rings (SSSR count). The molecule has 2 aliphatic rings. The van der Waals surface area contributed by atoms with Crippen LogP contribution in [-0.4, -0.2) is 56.9 Å². The summed E-state index contributed by atoms with van der Waals surface area (Å²) in [6.07, 6.45) is 7.04. The topological polar surface area (TPSA) is 119 Å². The highest BCUT2D eigenvalue weighted by atomic mass is 35.5. The number of ether oxygens (including phenoxy) is 1. The number of likely N-dealkylation sites (tertiary alicyclic amines) is 1. The number of benzene rings is 1. The van der Waals surface area contributed by atoms with Crippen LogP contribution in [0.1, 0.15) is 64.0 Å². The van der Waals surface area contributed by atoms with Gasteiger partial charge in [0.2, 0.25) is 5.91 Å². The van der Waals surface area contributed by atoms with Gasteiger partial charge in [-0.05, 0) is 87.1 Å². The summed E-state index contributed by atoms with van der Waals surface area (Å²) in [5.74, 6) is -0.585. The number of hydrogen-bond donors (Lipinski definition) is 3. The van der Waals surface area contributed by atoms with E-state index in [1.165, 1.54) is 29.4 Å². The summed E-state index contributed by atoms with van der Waals surface area (Å²) in [6.45, 7) is 5.88. The number of carbonyl (C=O) groups is 2. The van der Waals surface area contributed by atoms with Gasteiger partial charge in [0.05, 0.1) is 21.1 Å². The van der Waals surface area contributed by atoms with Gasteiger partial charge in [-0.25, -0.2) is 9.18 Å². The maximum Gasteiger partial charge on any atom is 0.323 e. The average Bonchev–Trinajstić information content (AvgIpc) is 3.59. The highest BCUT2D eigenvalue weighted by molar-refractivity contribution is 7.90. The summed E-state index contributed by atoms with van der Waals surface area (Å²) in [5, 5.41) is 6.08. The van der Waals surface area contributed by atoms with E-state index in [1.54, 1.807) is 36.7 Å². The lowest BCUT2D eigenvalue weighted by molar-refractivity contribution is -0.119. The second kappa shape index (κ2) is 13.9. The van der Waals surface area contributed by atoms with E-state index in [2.05, 4.69) is 20.3 Å². The molecule has 2 fully saturated rings. The Bertz CT molecular complexity index is 1500. The summed E-state index contributed by atoms with van der Waals surface area (Å²) < 4.78 is 38.0. The van der Waals surface area contributed by atoms with Crippen LogP contribution in [0.25, 0.3) is 0 Å². The molecule has 9 nitrogen and oxygen atoms in total. The van der Waals surface area contributed by atoms with E-state index in [-0.39, 0.29) is 24.8 Å². The number of hydrogen-bond acceptors (Lipinski definition) is 7. The van der Waals surface area contributed by atoms with E-state index in [0.717, 1.165) is 24.8 Å². The summed E-state index contributed by atoms with van der Waals surface area (Å²) in [7, 11) is 1.53. The molecule has 0 spiro atoms. The Morgan fingerprint density at radius 2 is 1.87 bits per heavy atom. The van der Waals surface area contributed by atoms with Gasteiger partial charge in [-0.15, -0.1) is 16.1 Å². The molecule has 3 amide bonds. The first-order valence-electron chi connectivity index (χ1n) is 15.0. The van der Waals surface area contributed by atoms with Crippen molar-refractivity contribution in [3.05, 3.63) is 76.1 Å². The predicted molar refractivity (Wildman–Crippen MR) is 177 cm³/mol. The molecule has 3 N–H and O–H groups in total. The Morgan fingerprint density at radius 3 is 2.49 bits per heavy atom. The Morgan fingerprint density at radius 1 is 1.13 bits per heavy atom. The predicted octanol–water partition coefficient (Wildman–Crippen LogP) is 6.68. The largest absolute Gasteiger partial charge is 0.598 e. The first kappa shape index (κ1) is 33.6. The van der Waals surface area contributed by atoms with E-state index < -0.39 is 45.4 Å². The number of nitrogens with one attached hydrogen (secondary N) is 3. The van der Waals surface area contributed by atoms with Crippen molar-refractivity contribution in [3.8, 4) is 0 Å². The zero-order chi connectivity index (χ0) is 32.4. The van der Waals surface area contributed by atoms with Crippen LogP contribution >= 0.6 is 22.9 Å². The maximum absolute atomic E-state index is 15.4. The van der Waals surface area contributed by atoms with Gasteiger partial charge in [0, 0.05) is 43.8 Å². The normalized spacial score (nSPS) is 20.5. The van der Waals surface area contributed by atoms with Crippen molar-refractivity contribution in [2.45, 2.75) is 75.3 Å². The Hall–Kier alpha value is -2.74. The first-order chi connectivity index (χ1) is 21.4.